The maximum atomic E-state index is 14.0. The van der Waals surface area contributed by atoms with Crippen LogP contribution >= 0.6 is 0 Å². The van der Waals surface area contributed by atoms with Gasteiger partial charge in [0.2, 0.25) is 11.8 Å². The molecule has 3 aromatic carbocycles. The van der Waals surface area contributed by atoms with Gasteiger partial charge in [0.05, 0.1) is 47.5 Å². The number of rotatable bonds is 11. The molecule has 0 spiro atoms. The van der Waals surface area contributed by atoms with Crippen molar-refractivity contribution in [1.29, 1.82) is 0 Å². The number of carbonyl (C=O) groups is 3. The van der Waals surface area contributed by atoms with Crippen molar-refractivity contribution in [2.75, 3.05) is 79.1 Å². The minimum atomic E-state index is -0.438. The normalized spacial score (nSPS) is 18.3. The standard InChI is InChI=1S/C53H57N13O5/c1-5-38-40(17-21-55-50(38)65-29-28-64(53(65)70)37-8-7-20-54-32-37)39-13-12-36(66-52(69)59(2)33-56-66)30-44(39)41-14-11-35(31-46(41)71-4)61-22-18-34(19-23-61)62-24-26-63(27-25-62)45-10-6-9-42-48(58-60(3)49(42)45)43-15-16-47(67)57-51(43)68/h6-14,17,20-21,30-34,43H,5,15-16,18-19,22-29H2,1-4H3,(H,57,67,68). The second-order valence-corrected chi connectivity index (χ2v) is 18.8. The number of urea groups is 1. The minimum absolute atomic E-state index is 0.147. The summed E-state index contributed by atoms with van der Waals surface area (Å²) in [5.74, 6) is 0.391. The van der Waals surface area contributed by atoms with Crippen LogP contribution in [0.25, 0.3) is 38.8 Å². The van der Waals surface area contributed by atoms with Gasteiger partial charge in [-0.2, -0.15) is 14.9 Å². The van der Waals surface area contributed by atoms with Crippen LogP contribution in [0, 0.1) is 0 Å². The van der Waals surface area contributed by atoms with Crippen molar-refractivity contribution in [2.24, 2.45) is 14.1 Å². The Kier molecular flexibility index (Phi) is 12.1. The Morgan fingerprint density at radius 1 is 0.732 bits per heavy atom. The van der Waals surface area contributed by atoms with E-state index >= 15 is 0 Å². The number of methoxy groups -OCH3 is 1. The smallest absolute Gasteiger partial charge is 0.350 e. The number of nitrogens with one attached hydrogen (secondary N) is 1. The summed E-state index contributed by atoms with van der Waals surface area (Å²) in [7, 11) is 5.32. The van der Waals surface area contributed by atoms with Crippen molar-refractivity contribution in [3.05, 3.63) is 119 Å². The van der Waals surface area contributed by atoms with Crippen LogP contribution < -0.4 is 35.3 Å². The van der Waals surface area contributed by atoms with Crippen LogP contribution in [-0.4, -0.2) is 122 Å². The first-order valence-corrected chi connectivity index (χ1v) is 24.5. The molecule has 1 unspecified atom stereocenters. The number of imide groups is 1. The molecule has 0 bridgehead atoms. The number of aromatic nitrogens is 7. The summed E-state index contributed by atoms with van der Waals surface area (Å²) in [5, 5.41) is 12.7. The summed E-state index contributed by atoms with van der Waals surface area (Å²) in [6.07, 6.45) is 10.1. The summed E-state index contributed by atoms with van der Waals surface area (Å²) in [6, 6.07) is 24.6. The fraction of sp³-hybridized carbons (Fsp3) is 0.358. The van der Waals surface area contributed by atoms with Gasteiger partial charge in [0, 0.05) is 120 Å². The number of hydrogen-bond acceptors (Lipinski definition) is 12. The number of nitrogens with zero attached hydrogens (tertiary/aromatic N) is 12. The molecule has 0 aliphatic carbocycles. The monoisotopic (exact) mass is 955 g/mol. The van der Waals surface area contributed by atoms with Gasteiger partial charge in [0.1, 0.15) is 17.9 Å². The van der Waals surface area contributed by atoms with Crippen LogP contribution in [0.15, 0.2) is 103 Å². The average molecular weight is 956 g/mol. The number of ether oxygens (including phenoxy) is 1. The number of anilines is 4. The molecule has 11 rings (SSSR count). The van der Waals surface area contributed by atoms with Gasteiger partial charge in [-0.05, 0) is 90.9 Å². The van der Waals surface area contributed by atoms with E-state index in [1.807, 2.05) is 54.2 Å². The van der Waals surface area contributed by atoms with E-state index in [9.17, 15) is 19.2 Å². The van der Waals surface area contributed by atoms with E-state index in [1.165, 1.54) is 15.6 Å². The SMILES string of the molecule is CCc1c(-c2ccc(-n3ncn(C)c3=O)cc2-c2ccc(N3CCC(N4CCN(c5cccc6c(C7CCC(=O)NC7=O)nn(C)c56)CC4)CC3)cc2OC)ccnc1N1CCN(c2cccnc2)C1=O. The second-order valence-electron chi connectivity index (χ2n) is 18.8. The van der Waals surface area contributed by atoms with Gasteiger partial charge in [-0.25, -0.2) is 14.6 Å². The molecule has 71 heavy (non-hydrogen) atoms. The fourth-order valence-corrected chi connectivity index (χ4v) is 11.2. The molecule has 4 amide bonds. The molecular formula is C53H57N13O5. The number of carbonyl (C=O) groups excluding carboxylic acids is 3. The zero-order valence-corrected chi connectivity index (χ0v) is 40.5. The van der Waals surface area contributed by atoms with Crippen LogP contribution in [0.4, 0.5) is 27.7 Å². The first kappa shape index (κ1) is 45.6. The molecule has 364 valence electrons. The van der Waals surface area contributed by atoms with Crippen molar-refractivity contribution in [1.82, 2.24) is 44.3 Å². The number of benzene rings is 3. The molecule has 0 radical (unpaired) electrons. The molecule has 18 heteroatoms. The summed E-state index contributed by atoms with van der Waals surface area (Å²) in [6.45, 7) is 8.55. The topological polar surface area (TPSA) is 172 Å². The highest BCUT2D eigenvalue weighted by atomic mass is 16.5. The number of hydrogen-bond donors (Lipinski definition) is 1. The van der Waals surface area contributed by atoms with Crippen LogP contribution in [0.5, 0.6) is 5.75 Å². The number of amides is 4. The Balaban J connectivity index is 0.822. The number of piperazine rings is 1. The molecule has 8 heterocycles. The molecule has 4 fully saturated rings. The molecule has 1 N–H and O–H groups in total. The lowest BCUT2D eigenvalue weighted by molar-refractivity contribution is -0.134. The van der Waals surface area contributed by atoms with Gasteiger partial charge < -0.3 is 14.5 Å². The lowest BCUT2D eigenvalue weighted by atomic mass is 9.90. The second kappa shape index (κ2) is 18.8. The third kappa shape index (κ3) is 8.24. The van der Waals surface area contributed by atoms with Crippen molar-refractivity contribution >= 4 is 51.6 Å². The first-order chi connectivity index (χ1) is 34.6. The molecule has 4 aromatic heterocycles. The van der Waals surface area contributed by atoms with E-state index < -0.39 is 5.92 Å². The van der Waals surface area contributed by atoms with Crippen LogP contribution in [0.2, 0.25) is 0 Å². The summed E-state index contributed by atoms with van der Waals surface area (Å²) >= 11 is 0. The zero-order chi connectivity index (χ0) is 48.9. The van der Waals surface area contributed by atoms with Gasteiger partial charge in [0.15, 0.2) is 0 Å². The lowest BCUT2D eigenvalue weighted by Crippen LogP contribution is -2.53. The van der Waals surface area contributed by atoms with E-state index in [1.54, 1.807) is 42.5 Å². The van der Waals surface area contributed by atoms with Gasteiger partial charge in [-0.3, -0.25) is 43.8 Å². The van der Waals surface area contributed by atoms with Crippen molar-refractivity contribution in [2.45, 2.75) is 51.0 Å². The average Bonchev–Trinajstić information content (AvgIpc) is 4.08. The third-order valence-electron chi connectivity index (χ3n) is 14.9. The van der Waals surface area contributed by atoms with E-state index in [4.69, 9.17) is 14.8 Å². The lowest BCUT2D eigenvalue weighted by Gasteiger charge is -2.44. The van der Waals surface area contributed by atoms with Gasteiger partial charge >= 0.3 is 11.7 Å². The maximum Gasteiger partial charge on any atom is 0.350 e. The number of para-hydroxylation sites is 1. The van der Waals surface area contributed by atoms with E-state index in [0.717, 1.165) is 114 Å². The highest BCUT2D eigenvalue weighted by Gasteiger charge is 2.36. The Bertz CT molecular complexity index is 3240. The Morgan fingerprint density at radius 2 is 1.52 bits per heavy atom. The predicted octanol–water partition coefficient (Wildman–Crippen LogP) is 5.91. The zero-order valence-electron chi connectivity index (χ0n) is 40.5. The van der Waals surface area contributed by atoms with Crippen molar-refractivity contribution < 1.29 is 19.1 Å². The summed E-state index contributed by atoms with van der Waals surface area (Å²) in [4.78, 5) is 71.9. The Hall–Kier alpha value is -7.86. The van der Waals surface area contributed by atoms with Crippen molar-refractivity contribution in [3.8, 4) is 33.7 Å². The van der Waals surface area contributed by atoms with Gasteiger partial charge in [-0.15, -0.1) is 0 Å². The maximum absolute atomic E-state index is 14.0. The van der Waals surface area contributed by atoms with Crippen molar-refractivity contribution in [3.63, 3.8) is 0 Å². The quantitative estimate of drug-likeness (QED) is 0.152. The summed E-state index contributed by atoms with van der Waals surface area (Å²) in [5.41, 5.74) is 9.56. The molecule has 4 saturated heterocycles. The fourth-order valence-electron chi connectivity index (χ4n) is 11.2. The first-order valence-electron chi connectivity index (χ1n) is 24.5. The number of piperidine rings is 2. The molecule has 18 nitrogen and oxygen atoms in total. The number of aryl methyl sites for hydroxylation is 2. The van der Waals surface area contributed by atoms with Gasteiger partial charge in [-0.1, -0.05) is 25.1 Å². The highest BCUT2D eigenvalue weighted by Crippen LogP contribution is 2.44. The van der Waals surface area contributed by atoms with E-state index in [-0.39, 0.29) is 23.5 Å². The molecule has 7 aromatic rings. The highest BCUT2D eigenvalue weighted by molar-refractivity contribution is 6.07. The Labute approximate surface area is 411 Å². The predicted molar refractivity (Wildman–Crippen MR) is 273 cm³/mol. The number of fused-ring (bicyclic) bond motifs is 1. The van der Waals surface area contributed by atoms with E-state index in [2.05, 4.69) is 67.4 Å². The van der Waals surface area contributed by atoms with Crippen LogP contribution in [-0.2, 0) is 30.1 Å². The largest absolute Gasteiger partial charge is 0.496 e. The molecular weight excluding hydrogens is 899 g/mol. The third-order valence-corrected chi connectivity index (χ3v) is 14.9. The van der Waals surface area contributed by atoms with Crippen LogP contribution in [0.1, 0.15) is 49.8 Å². The molecule has 0 saturated carbocycles. The van der Waals surface area contributed by atoms with Crippen LogP contribution in [0.3, 0.4) is 0 Å². The Morgan fingerprint density at radius 3 is 2.25 bits per heavy atom. The number of pyridine rings is 2. The van der Waals surface area contributed by atoms with E-state index in [0.29, 0.717) is 55.6 Å². The molecule has 4 aliphatic heterocycles. The molecule has 4 aliphatic rings. The molecule has 1 atom stereocenters. The van der Waals surface area contributed by atoms with Gasteiger partial charge in [0.25, 0.3) is 0 Å². The summed E-state index contributed by atoms with van der Waals surface area (Å²) < 4.78 is 11.0. The minimum Gasteiger partial charge on any atom is -0.496 e.